The van der Waals surface area contributed by atoms with Gasteiger partial charge in [0, 0.05) is 11.3 Å². The molecule has 4 nitrogen and oxygen atoms in total. The first-order valence-corrected chi connectivity index (χ1v) is 7.01. The van der Waals surface area contributed by atoms with Crippen LogP contribution >= 0.6 is 0 Å². The van der Waals surface area contributed by atoms with Gasteiger partial charge in [-0.1, -0.05) is 54.5 Å². The number of nitrogens with zero attached hydrogens (tertiary/aromatic N) is 2. The van der Waals surface area contributed by atoms with E-state index in [1.54, 1.807) is 0 Å². The van der Waals surface area contributed by atoms with Gasteiger partial charge in [0.2, 0.25) is 11.7 Å². The van der Waals surface area contributed by atoms with Crippen molar-refractivity contribution in [3.63, 3.8) is 0 Å². The van der Waals surface area contributed by atoms with Gasteiger partial charge in [0.25, 0.3) is 0 Å². The van der Waals surface area contributed by atoms with Gasteiger partial charge in [-0.25, -0.2) is 0 Å². The van der Waals surface area contributed by atoms with E-state index in [1.807, 2.05) is 36.4 Å². The maximum absolute atomic E-state index is 5.93. The van der Waals surface area contributed by atoms with E-state index in [2.05, 4.69) is 29.2 Å². The third kappa shape index (κ3) is 2.94. The van der Waals surface area contributed by atoms with E-state index < -0.39 is 0 Å². The summed E-state index contributed by atoms with van der Waals surface area (Å²) >= 11 is 0. The maximum atomic E-state index is 5.93. The summed E-state index contributed by atoms with van der Waals surface area (Å²) < 4.78 is 5.32. The number of benzene rings is 2. The summed E-state index contributed by atoms with van der Waals surface area (Å²) in [6, 6.07) is 15.9. The minimum Gasteiger partial charge on any atom is -0.398 e. The Hall–Kier alpha value is -2.62. The highest BCUT2D eigenvalue weighted by Gasteiger charge is 2.10. The van der Waals surface area contributed by atoms with Crippen molar-refractivity contribution < 1.29 is 4.52 Å². The Morgan fingerprint density at radius 2 is 1.81 bits per heavy atom. The Morgan fingerprint density at radius 3 is 2.52 bits per heavy atom. The Balaban J connectivity index is 1.81. The molecule has 106 valence electrons. The van der Waals surface area contributed by atoms with Gasteiger partial charge in [0.15, 0.2) is 0 Å². The Kier molecular flexibility index (Phi) is 3.69. The molecular formula is C17H17N3O. The second-order valence-electron chi connectivity index (χ2n) is 4.94. The SMILES string of the molecule is CCc1ccc(-c2noc(Cc3ccccc3N)n2)cc1. The van der Waals surface area contributed by atoms with Crippen molar-refractivity contribution in [2.45, 2.75) is 19.8 Å². The molecule has 0 unspecified atom stereocenters. The molecule has 0 amide bonds. The lowest BCUT2D eigenvalue weighted by Crippen LogP contribution is -1.95. The molecule has 0 saturated heterocycles. The van der Waals surface area contributed by atoms with Gasteiger partial charge in [-0.2, -0.15) is 4.98 Å². The first kappa shape index (κ1) is 13.4. The summed E-state index contributed by atoms with van der Waals surface area (Å²) in [6.45, 7) is 2.13. The number of hydrogen-bond acceptors (Lipinski definition) is 4. The lowest BCUT2D eigenvalue weighted by molar-refractivity contribution is 0.386. The van der Waals surface area contributed by atoms with E-state index in [0.29, 0.717) is 18.1 Å². The van der Waals surface area contributed by atoms with Crippen LogP contribution in [0.3, 0.4) is 0 Å². The highest BCUT2D eigenvalue weighted by atomic mass is 16.5. The molecule has 0 bridgehead atoms. The largest absolute Gasteiger partial charge is 0.398 e. The molecule has 0 fully saturated rings. The zero-order chi connectivity index (χ0) is 14.7. The van der Waals surface area contributed by atoms with E-state index in [1.165, 1.54) is 5.56 Å². The quantitative estimate of drug-likeness (QED) is 0.743. The molecule has 3 rings (SSSR count). The fraction of sp³-hybridized carbons (Fsp3) is 0.176. The van der Waals surface area contributed by atoms with Gasteiger partial charge in [0.1, 0.15) is 0 Å². The van der Waals surface area contributed by atoms with E-state index in [4.69, 9.17) is 10.3 Å². The number of para-hydroxylation sites is 1. The van der Waals surface area contributed by atoms with Gasteiger partial charge >= 0.3 is 0 Å². The molecule has 4 heteroatoms. The van der Waals surface area contributed by atoms with E-state index >= 15 is 0 Å². The van der Waals surface area contributed by atoms with Crippen LogP contribution in [0.2, 0.25) is 0 Å². The average molecular weight is 279 g/mol. The lowest BCUT2D eigenvalue weighted by atomic mass is 10.1. The third-order valence-electron chi connectivity index (χ3n) is 3.49. The first-order chi connectivity index (χ1) is 10.3. The number of anilines is 1. The first-order valence-electron chi connectivity index (χ1n) is 7.01. The van der Waals surface area contributed by atoms with Crippen LogP contribution in [0.1, 0.15) is 23.9 Å². The summed E-state index contributed by atoms with van der Waals surface area (Å²) in [5, 5.41) is 4.04. The molecular weight excluding hydrogens is 262 g/mol. The van der Waals surface area contributed by atoms with Crippen LogP contribution in [0.5, 0.6) is 0 Å². The minimum atomic E-state index is 0.548. The van der Waals surface area contributed by atoms with Crippen LogP contribution in [-0.4, -0.2) is 10.1 Å². The lowest BCUT2D eigenvalue weighted by Gasteiger charge is -2.00. The average Bonchev–Trinajstić information content (AvgIpc) is 2.98. The molecule has 2 N–H and O–H groups in total. The predicted octanol–water partition coefficient (Wildman–Crippen LogP) is 3.47. The van der Waals surface area contributed by atoms with Crippen molar-refractivity contribution in [1.29, 1.82) is 0 Å². The molecule has 0 atom stereocenters. The second-order valence-corrected chi connectivity index (χ2v) is 4.94. The van der Waals surface area contributed by atoms with Crippen molar-refractivity contribution in [2.75, 3.05) is 5.73 Å². The van der Waals surface area contributed by atoms with E-state index in [0.717, 1.165) is 23.2 Å². The molecule has 0 saturated carbocycles. The molecule has 2 aromatic carbocycles. The fourth-order valence-corrected chi connectivity index (χ4v) is 2.19. The topological polar surface area (TPSA) is 64.9 Å². The number of rotatable bonds is 4. The predicted molar refractivity (Wildman–Crippen MR) is 82.8 cm³/mol. The molecule has 3 aromatic rings. The maximum Gasteiger partial charge on any atom is 0.231 e. The molecule has 0 aliphatic rings. The van der Waals surface area contributed by atoms with Gasteiger partial charge in [-0.15, -0.1) is 0 Å². The minimum absolute atomic E-state index is 0.548. The number of nitrogen functional groups attached to an aromatic ring is 1. The molecule has 0 radical (unpaired) electrons. The third-order valence-corrected chi connectivity index (χ3v) is 3.49. The van der Waals surface area contributed by atoms with Crippen LogP contribution in [0.15, 0.2) is 53.1 Å². The molecule has 1 aromatic heterocycles. The van der Waals surface area contributed by atoms with Gasteiger partial charge < -0.3 is 10.3 Å². The second kappa shape index (κ2) is 5.79. The number of nitrogens with two attached hydrogens (primary N) is 1. The van der Waals surface area contributed by atoms with Crippen molar-refractivity contribution >= 4 is 5.69 Å². The molecule has 21 heavy (non-hydrogen) atoms. The molecule has 1 heterocycles. The molecule has 0 spiro atoms. The number of hydrogen-bond donors (Lipinski definition) is 1. The van der Waals surface area contributed by atoms with Gasteiger partial charge in [-0.05, 0) is 23.6 Å². The van der Waals surface area contributed by atoms with Crippen molar-refractivity contribution in [3.8, 4) is 11.4 Å². The highest BCUT2D eigenvalue weighted by molar-refractivity contribution is 5.55. The van der Waals surface area contributed by atoms with Crippen LogP contribution in [-0.2, 0) is 12.8 Å². The van der Waals surface area contributed by atoms with Gasteiger partial charge in [-0.3, -0.25) is 0 Å². The zero-order valence-electron chi connectivity index (χ0n) is 11.9. The molecule has 0 aliphatic carbocycles. The highest BCUT2D eigenvalue weighted by Crippen LogP contribution is 2.19. The standard InChI is InChI=1S/C17H17N3O/c1-2-12-7-9-13(10-8-12)17-19-16(21-20-17)11-14-5-3-4-6-15(14)18/h3-10H,2,11,18H2,1H3. The van der Waals surface area contributed by atoms with Crippen molar-refractivity contribution in [2.24, 2.45) is 0 Å². The summed E-state index contributed by atoms with van der Waals surface area (Å²) in [4.78, 5) is 4.44. The summed E-state index contributed by atoms with van der Waals surface area (Å²) in [5.74, 6) is 1.18. The Morgan fingerprint density at radius 1 is 1.05 bits per heavy atom. The van der Waals surface area contributed by atoms with Crippen LogP contribution in [0.4, 0.5) is 5.69 Å². The number of aromatic nitrogens is 2. The zero-order valence-corrected chi connectivity index (χ0v) is 11.9. The van der Waals surface area contributed by atoms with Crippen molar-refractivity contribution in [1.82, 2.24) is 10.1 Å². The van der Waals surface area contributed by atoms with E-state index in [9.17, 15) is 0 Å². The summed E-state index contributed by atoms with van der Waals surface area (Å²) in [6.07, 6.45) is 1.57. The van der Waals surface area contributed by atoms with Crippen LogP contribution in [0.25, 0.3) is 11.4 Å². The summed E-state index contributed by atoms with van der Waals surface area (Å²) in [5.41, 5.74) is 9.92. The Labute approximate surface area is 123 Å². The Bertz CT molecular complexity index is 732. The smallest absolute Gasteiger partial charge is 0.231 e. The fourth-order valence-electron chi connectivity index (χ4n) is 2.19. The van der Waals surface area contributed by atoms with Crippen LogP contribution < -0.4 is 5.73 Å². The summed E-state index contributed by atoms with van der Waals surface area (Å²) in [7, 11) is 0. The number of aryl methyl sites for hydroxylation is 1. The van der Waals surface area contributed by atoms with E-state index in [-0.39, 0.29) is 0 Å². The van der Waals surface area contributed by atoms with Gasteiger partial charge in [0.05, 0.1) is 6.42 Å². The normalized spacial score (nSPS) is 10.7. The molecule has 0 aliphatic heterocycles. The van der Waals surface area contributed by atoms with Crippen LogP contribution in [0, 0.1) is 0 Å². The van der Waals surface area contributed by atoms with Crippen molar-refractivity contribution in [3.05, 3.63) is 65.5 Å². The monoisotopic (exact) mass is 279 g/mol.